The SMILES string of the molecule is C=C(Cl)/C(F)=C(O)\C(F)=C/C/N=N/c1ccc(S(=O)(=O)O)cc1. The zero-order chi connectivity index (χ0) is 17.6. The molecule has 0 radical (unpaired) electrons. The molecule has 23 heavy (non-hydrogen) atoms. The molecule has 0 amide bonds. The Morgan fingerprint density at radius 1 is 1.30 bits per heavy atom. The van der Waals surface area contributed by atoms with E-state index in [1.807, 2.05) is 0 Å². The van der Waals surface area contributed by atoms with Gasteiger partial charge in [0, 0.05) is 0 Å². The molecule has 1 rings (SSSR count). The van der Waals surface area contributed by atoms with Gasteiger partial charge in [0.25, 0.3) is 10.1 Å². The van der Waals surface area contributed by atoms with Crippen LogP contribution in [0.15, 0.2) is 74.5 Å². The molecule has 0 saturated heterocycles. The Hall–Kier alpha value is -2.10. The number of nitrogens with zero attached hydrogens (tertiary/aromatic N) is 2. The molecule has 124 valence electrons. The number of aliphatic hydroxyl groups is 1. The van der Waals surface area contributed by atoms with E-state index < -0.39 is 32.6 Å². The van der Waals surface area contributed by atoms with Crippen LogP contribution >= 0.6 is 11.6 Å². The second-order valence-electron chi connectivity index (χ2n) is 4.01. The van der Waals surface area contributed by atoms with Crippen LogP contribution in [-0.4, -0.2) is 24.6 Å². The highest BCUT2D eigenvalue weighted by Crippen LogP contribution is 2.22. The maximum absolute atomic E-state index is 13.3. The van der Waals surface area contributed by atoms with E-state index in [-0.39, 0.29) is 17.1 Å². The number of azo groups is 1. The molecule has 0 bridgehead atoms. The second-order valence-corrected chi connectivity index (χ2v) is 5.89. The highest BCUT2D eigenvalue weighted by molar-refractivity contribution is 7.85. The predicted octanol–water partition coefficient (Wildman–Crippen LogP) is 4.36. The molecule has 0 atom stereocenters. The molecule has 10 heteroatoms. The predicted molar refractivity (Wildman–Crippen MR) is 80.6 cm³/mol. The minimum absolute atomic E-state index is 0.242. The normalized spacial score (nSPS) is 14.0. The van der Waals surface area contributed by atoms with Crippen molar-refractivity contribution in [2.45, 2.75) is 4.90 Å². The van der Waals surface area contributed by atoms with E-state index >= 15 is 0 Å². The van der Waals surface area contributed by atoms with Crippen molar-refractivity contribution in [2.24, 2.45) is 10.2 Å². The summed E-state index contributed by atoms with van der Waals surface area (Å²) in [5.74, 6) is -3.97. The van der Waals surface area contributed by atoms with Crippen LogP contribution in [0.1, 0.15) is 0 Å². The monoisotopic (exact) mass is 364 g/mol. The van der Waals surface area contributed by atoms with E-state index in [9.17, 15) is 17.2 Å². The van der Waals surface area contributed by atoms with Gasteiger partial charge in [0.1, 0.15) is 0 Å². The van der Waals surface area contributed by atoms with Crippen LogP contribution in [0, 0.1) is 0 Å². The van der Waals surface area contributed by atoms with Gasteiger partial charge in [-0.05, 0) is 30.3 Å². The Morgan fingerprint density at radius 2 is 1.87 bits per heavy atom. The molecular weight excluding hydrogens is 354 g/mol. The summed E-state index contributed by atoms with van der Waals surface area (Å²) >= 11 is 5.17. The molecule has 0 unspecified atom stereocenters. The van der Waals surface area contributed by atoms with Gasteiger partial charge in [-0.25, -0.2) is 8.78 Å². The summed E-state index contributed by atoms with van der Waals surface area (Å²) in [6.45, 7) is 2.67. The van der Waals surface area contributed by atoms with Gasteiger partial charge in [0.15, 0.2) is 17.4 Å². The first-order valence-electron chi connectivity index (χ1n) is 5.87. The van der Waals surface area contributed by atoms with Crippen LogP contribution in [0.5, 0.6) is 0 Å². The smallest absolute Gasteiger partial charge is 0.294 e. The van der Waals surface area contributed by atoms with Gasteiger partial charge in [0.05, 0.1) is 22.2 Å². The summed E-state index contributed by atoms with van der Waals surface area (Å²) < 4.78 is 56.8. The van der Waals surface area contributed by atoms with Crippen molar-refractivity contribution in [2.75, 3.05) is 6.54 Å². The van der Waals surface area contributed by atoms with Crippen LogP contribution in [0.3, 0.4) is 0 Å². The topological polar surface area (TPSA) is 99.3 Å². The summed E-state index contributed by atoms with van der Waals surface area (Å²) in [6, 6.07) is 4.74. The van der Waals surface area contributed by atoms with Gasteiger partial charge in [-0.3, -0.25) is 4.55 Å². The fraction of sp³-hybridized carbons (Fsp3) is 0.0769. The minimum atomic E-state index is -4.30. The molecular formula is C13H11ClF2N2O4S. The average Bonchev–Trinajstić information content (AvgIpc) is 2.49. The molecule has 1 aromatic carbocycles. The van der Waals surface area contributed by atoms with Crippen LogP contribution < -0.4 is 0 Å². The van der Waals surface area contributed by atoms with Crippen molar-refractivity contribution in [1.82, 2.24) is 0 Å². The van der Waals surface area contributed by atoms with Gasteiger partial charge >= 0.3 is 0 Å². The lowest BCUT2D eigenvalue weighted by atomic mass is 10.3. The molecule has 0 heterocycles. The van der Waals surface area contributed by atoms with Crippen molar-refractivity contribution in [3.8, 4) is 0 Å². The molecule has 0 saturated carbocycles. The van der Waals surface area contributed by atoms with E-state index in [1.54, 1.807) is 0 Å². The third kappa shape index (κ3) is 5.89. The Morgan fingerprint density at radius 3 is 2.35 bits per heavy atom. The Bertz CT molecular complexity index is 787. The van der Waals surface area contributed by atoms with Gasteiger partial charge in [-0.1, -0.05) is 18.2 Å². The van der Waals surface area contributed by atoms with Crippen molar-refractivity contribution in [1.29, 1.82) is 0 Å². The summed E-state index contributed by atoms with van der Waals surface area (Å²) in [4.78, 5) is -0.311. The highest BCUT2D eigenvalue weighted by Gasteiger charge is 2.11. The Balaban J connectivity index is 2.75. The van der Waals surface area contributed by atoms with E-state index in [0.717, 1.165) is 18.2 Å². The lowest BCUT2D eigenvalue weighted by molar-refractivity contribution is 0.365. The number of rotatable bonds is 6. The van der Waals surface area contributed by atoms with E-state index in [4.69, 9.17) is 21.3 Å². The zero-order valence-corrected chi connectivity index (χ0v) is 13.0. The average molecular weight is 365 g/mol. The van der Waals surface area contributed by atoms with Crippen molar-refractivity contribution in [3.63, 3.8) is 0 Å². The van der Waals surface area contributed by atoms with Gasteiger partial charge in [-0.15, -0.1) is 0 Å². The highest BCUT2D eigenvalue weighted by atomic mass is 35.5. The number of benzene rings is 1. The molecule has 0 aliphatic heterocycles. The lowest BCUT2D eigenvalue weighted by Crippen LogP contribution is -1.96. The summed E-state index contributed by atoms with van der Waals surface area (Å²) in [6.07, 6.45) is 0.755. The van der Waals surface area contributed by atoms with Gasteiger partial charge < -0.3 is 5.11 Å². The van der Waals surface area contributed by atoms with Crippen molar-refractivity contribution < 1.29 is 26.9 Å². The quantitative estimate of drug-likeness (QED) is 0.339. The summed E-state index contributed by atoms with van der Waals surface area (Å²) in [7, 11) is -4.30. The zero-order valence-electron chi connectivity index (χ0n) is 11.4. The Labute approximate surface area is 135 Å². The number of hydrogen-bond donors (Lipinski definition) is 2. The van der Waals surface area contributed by atoms with Gasteiger partial charge in [0.2, 0.25) is 0 Å². The van der Waals surface area contributed by atoms with Gasteiger partial charge in [-0.2, -0.15) is 18.6 Å². The second kappa shape index (κ2) is 7.95. The summed E-state index contributed by atoms with van der Waals surface area (Å²) in [5.41, 5.74) is 0.242. The van der Waals surface area contributed by atoms with E-state index in [2.05, 4.69) is 16.8 Å². The van der Waals surface area contributed by atoms with E-state index in [1.165, 1.54) is 12.1 Å². The molecule has 1 aromatic rings. The molecule has 6 nitrogen and oxygen atoms in total. The van der Waals surface area contributed by atoms with Crippen LogP contribution in [-0.2, 0) is 10.1 Å². The molecule has 0 fully saturated rings. The first kappa shape index (κ1) is 18.9. The maximum Gasteiger partial charge on any atom is 0.294 e. The molecule has 0 spiro atoms. The van der Waals surface area contributed by atoms with Crippen LogP contribution in [0.4, 0.5) is 14.5 Å². The third-order valence-corrected chi connectivity index (χ3v) is 3.38. The number of allylic oxidation sites excluding steroid dienone is 3. The standard InChI is InChI=1S/C13H11ClF2N2O4S/c1-8(14)12(16)13(19)11(15)6-7-17-18-9-2-4-10(5-3-9)23(20,21)22/h2-6,19H,1,7H2,(H,20,21,22)/b11-6+,13-12-,18-17+. The fourth-order valence-electron chi connectivity index (χ4n) is 1.26. The van der Waals surface area contributed by atoms with Crippen LogP contribution in [0.25, 0.3) is 0 Å². The fourth-order valence-corrected chi connectivity index (χ4v) is 1.83. The number of hydrogen-bond acceptors (Lipinski definition) is 5. The summed E-state index contributed by atoms with van der Waals surface area (Å²) in [5, 5.41) is 15.7. The molecule has 0 aliphatic rings. The molecule has 0 aliphatic carbocycles. The number of halogens is 3. The lowest BCUT2D eigenvalue weighted by Gasteiger charge is -1.98. The largest absolute Gasteiger partial charge is 0.503 e. The van der Waals surface area contributed by atoms with Crippen molar-refractivity contribution >= 4 is 27.4 Å². The number of aliphatic hydroxyl groups excluding tert-OH is 1. The minimum Gasteiger partial charge on any atom is -0.503 e. The maximum atomic E-state index is 13.3. The first-order valence-corrected chi connectivity index (χ1v) is 7.69. The van der Waals surface area contributed by atoms with Crippen LogP contribution in [0.2, 0.25) is 0 Å². The molecule has 0 aromatic heterocycles. The molecule has 2 N–H and O–H groups in total. The first-order chi connectivity index (χ1) is 10.6. The Kier molecular flexibility index (Phi) is 6.55. The third-order valence-electron chi connectivity index (χ3n) is 2.35. The van der Waals surface area contributed by atoms with E-state index in [0.29, 0.717) is 0 Å². The van der Waals surface area contributed by atoms with Crippen molar-refractivity contribution in [3.05, 3.63) is 59.4 Å².